The van der Waals surface area contributed by atoms with Gasteiger partial charge in [-0.1, -0.05) is 23.2 Å². The fourth-order valence-electron chi connectivity index (χ4n) is 1.54. The normalized spacial score (nSPS) is 10.2. The second kappa shape index (κ2) is 5.94. The number of anilines is 1. The predicted molar refractivity (Wildman–Crippen MR) is 77.0 cm³/mol. The van der Waals surface area contributed by atoms with Crippen LogP contribution in [0.15, 0.2) is 30.3 Å². The Kier molecular flexibility index (Phi) is 4.25. The van der Waals surface area contributed by atoms with Gasteiger partial charge in [0.25, 0.3) is 5.91 Å². The number of phenolic OH excluding ortho intramolecular Hbond substituents is 1. The van der Waals surface area contributed by atoms with Crippen LogP contribution in [0.1, 0.15) is 10.4 Å². The van der Waals surface area contributed by atoms with Gasteiger partial charge in [-0.2, -0.15) is 0 Å². The number of nitro groups is 1. The zero-order chi connectivity index (χ0) is 15.6. The first kappa shape index (κ1) is 15.0. The van der Waals surface area contributed by atoms with Crippen molar-refractivity contribution in [3.8, 4) is 5.75 Å². The van der Waals surface area contributed by atoms with Crippen molar-refractivity contribution in [2.75, 3.05) is 5.32 Å². The van der Waals surface area contributed by atoms with Crippen molar-refractivity contribution >= 4 is 40.6 Å². The van der Waals surface area contributed by atoms with Crippen molar-refractivity contribution in [2.24, 2.45) is 0 Å². The molecule has 0 aliphatic heterocycles. The van der Waals surface area contributed by atoms with Gasteiger partial charge in [0, 0.05) is 11.1 Å². The van der Waals surface area contributed by atoms with E-state index in [9.17, 15) is 20.0 Å². The molecule has 7 nitrogen and oxygen atoms in total. The quantitative estimate of drug-likeness (QED) is 0.511. The monoisotopic (exact) mass is 327 g/mol. The second-order valence-electron chi connectivity index (χ2n) is 3.87. The minimum atomic E-state index is -0.776. The summed E-state index contributed by atoms with van der Waals surface area (Å²) in [6, 6.07) is 6.21. The fourth-order valence-corrected chi connectivity index (χ4v) is 1.85. The Bertz CT molecular complexity index is 736. The third-order valence-electron chi connectivity index (χ3n) is 2.47. The molecule has 0 aliphatic rings. The summed E-state index contributed by atoms with van der Waals surface area (Å²) in [4.78, 5) is 25.9. The molecule has 2 aromatic rings. The molecule has 0 fully saturated rings. The minimum Gasteiger partial charge on any atom is -0.507 e. The number of aromatic nitrogens is 1. The Hall–Kier alpha value is -2.38. The SMILES string of the molecule is O=C(Nc1nc(Cl)ccc1[N+](=O)[O-])c1ccc(Cl)cc1O. The summed E-state index contributed by atoms with van der Waals surface area (Å²) >= 11 is 11.3. The number of nitrogens with zero attached hydrogens (tertiary/aromatic N) is 2. The maximum Gasteiger partial charge on any atom is 0.311 e. The summed E-state index contributed by atoms with van der Waals surface area (Å²) in [7, 11) is 0. The highest BCUT2D eigenvalue weighted by molar-refractivity contribution is 6.31. The molecule has 0 unspecified atom stereocenters. The van der Waals surface area contributed by atoms with Crippen molar-refractivity contribution in [3.63, 3.8) is 0 Å². The summed E-state index contributed by atoms with van der Waals surface area (Å²) in [6.07, 6.45) is 0. The van der Waals surface area contributed by atoms with Gasteiger partial charge in [-0.05, 0) is 24.3 Å². The van der Waals surface area contributed by atoms with Crippen LogP contribution in [0.5, 0.6) is 5.75 Å². The van der Waals surface area contributed by atoms with Crippen molar-refractivity contribution in [3.05, 3.63) is 56.2 Å². The van der Waals surface area contributed by atoms with E-state index in [1.807, 2.05) is 0 Å². The number of carbonyl (C=O) groups excluding carboxylic acids is 1. The largest absolute Gasteiger partial charge is 0.507 e. The summed E-state index contributed by atoms with van der Waals surface area (Å²) in [5, 5.41) is 23.0. The highest BCUT2D eigenvalue weighted by Crippen LogP contribution is 2.27. The summed E-state index contributed by atoms with van der Waals surface area (Å²) < 4.78 is 0. The van der Waals surface area contributed by atoms with Crippen LogP contribution in [-0.2, 0) is 0 Å². The number of nitrogens with one attached hydrogen (secondary N) is 1. The molecule has 1 heterocycles. The van der Waals surface area contributed by atoms with E-state index in [0.29, 0.717) is 0 Å². The smallest absolute Gasteiger partial charge is 0.311 e. The van der Waals surface area contributed by atoms with Crippen molar-refractivity contribution in [1.29, 1.82) is 0 Å². The third-order valence-corrected chi connectivity index (χ3v) is 2.92. The first-order valence-corrected chi connectivity index (χ1v) is 6.25. The summed E-state index contributed by atoms with van der Waals surface area (Å²) in [5.41, 5.74) is -0.517. The van der Waals surface area contributed by atoms with Gasteiger partial charge in [-0.25, -0.2) is 4.98 Å². The third kappa shape index (κ3) is 3.39. The predicted octanol–water partition coefficient (Wildman–Crippen LogP) is 3.25. The second-order valence-corrected chi connectivity index (χ2v) is 4.70. The molecule has 108 valence electrons. The Balaban J connectivity index is 2.35. The first-order valence-electron chi connectivity index (χ1n) is 5.49. The van der Waals surface area contributed by atoms with E-state index in [-0.39, 0.29) is 27.3 Å². The van der Waals surface area contributed by atoms with Gasteiger partial charge in [0.15, 0.2) is 0 Å². The molecule has 21 heavy (non-hydrogen) atoms. The van der Waals surface area contributed by atoms with Gasteiger partial charge in [0.1, 0.15) is 10.9 Å². The van der Waals surface area contributed by atoms with Crippen LogP contribution in [0, 0.1) is 10.1 Å². The lowest BCUT2D eigenvalue weighted by Gasteiger charge is -2.07. The molecule has 0 atom stereocenters. The number of carbonyl (C=O) groups is 1. The van der Waals surface area contributed by atoms with E-state index in [4.69, 9.17) is 23.2 Å². The van der Waals surface area contributed by atoms with E-state index < -0.39 is 16.5 Å². The molecule has 2 N–H and O–H groups in total. The average Bonchev–Trinajstić information content (AvgIpc) is 2.37. The maximum atomic E-state index is 12.0. The lowest BCUT2D eigenvalue weighted by atomic mass is 10.2. The standard InChI is InChI=1S/C12H7Cl2N3O4/c13-6-1-2-7(9(18)5-6)12(19)16-11-8(17(20)21)3-4-10(14)15-11/h1-5,18H,(H,15,16,19). The van der Waals surface area contributed by atoms with E-state index in [0.717, 1.165) is 6.07 Å². The number of phenols is 1. The Morgan fingerprint density at radius 1 is 1.29 bits per heavy atom. The Morgan fingerprint density at radius 3 is 2.62 bits per heavy atom. The number of amides is 1. The van der Waals surface area contributed by atoms with Crippen molar-refractivity contribution < 1.29 is 14.8 Å². The number of halogens is 2. The van der Waals surface area contributed by atoms with Gasteiger partial charge >= 0.3 is 5.69 Å². The van der Waals surface area contributed by atoms with Crippen LogP contribution in [0.3, 0.4) is 0 Å². The Labute approximate surface area is 128 Å². The molecule has 0 saturated carbocycles. The molecule has 0 spiro atoms. The van der Waals surface area contributed by atoms with Crippen LogP contribution >= 0.6 is 23.2 Å². The number of pyridine rings is 1. The van der Waals surface area contributed by atoms with Gasteiger partial charge < -0.3 is 10.4 Å². The fraction of sp³-hybridized carbons (Fsp3) is 0. The molecule has 9 heteroatoms. The van der Waals surface area contributed by atoms with Crippen LogP contribution in [0.4, 0.5) is 11.5 Å². The van der Waals surface area contributed by atoms with Gasteiger partial charge in [-0.3, -0.25) is 14.9 Å². The number of hydrogen-bond donors (Lipinski definition) is 2. The van der Waals surface area contributed by atoms with Crippen LogP contribution in [-0.4, -0.2) is 20.9 Å². The van der Waals surface area contributed by atoms with E-state index in [1.54, 1.807) is 0 Å². The van der Waals surface area contributed by atoms with Gasteiger partial charge in [0.05, 0.1) is 10.5 Å². The number of hydrogen-bond acceptors (Lipinski definition) is 5. The lowest BCUT2D eigenvalue weighted by Crippen LogP contribution is -2.14. The number of rotatable bonds is 3. The molecule has 1 amide bonds. The zero-order valence-corrected chi connectivity index (χ0v) is 11.7. The number of aromatic hydroxyl groups is 1. The van der Waals surface area contributed by atoms with Crippen molar-refractivity contribution in [2.45, 2.75) is 0 Å². The molecule has 2 rings (SSSR count). The molecule has 0 aliphatic carbocycles. The molecular weight excluding hydrogens is 321 g/mol. The van der Waals surface area contributed by atoms with Gasteiger partial charge in [0.2, 0.25) is 5.82 Å². The summed E-state index contributed by atoms with van der Waals surface area (Å²) in [5.74, 6) is -1.45. The van der Waals surface area contributed by atoms with E-state index >= 15 is 0 Å². The van der Waals surface area contributed by atoms with E-state index in [1.165, 1.54) is 24.3 Å². The van der Waals surface area contributed by atoms with E-state index in [2.05, 4.69) is 10.3 Å². The van der Waals surface area contributed by atoms with Crippen LogP contribution < -0.4 is 5.32 Å². The molecule has 1 aromatic carbocycles. The highest BCUT2D eigenvalue weighted by Gasteiger charge is 2.20. The zero-order valence-electron chi connectivity index (χ0n) is 10.2. The molecule has 0 saturated heterocycles. The molecule has 0 radical (unpaired) electrons. The summed E-state index contributed by atoms with van der Waals surface area (Å²) in [6.45, 7) is 0. The van der Waals surface area contributed by atoms with Crippen LogP contribution in [0.25, 0.3) is 0 Å². The minimum absolute atomic E-state index is 0.0174. The lowest BCUT2D eigenvalue weighted by molar-refractivity contribution is -0.384. The first-order chi connectivity index (χ1) is 9.88. The molecule has 0 bridgehead atoms. The number of benzene rings is 1. The highest BCUT2D eigenvalue weighted by atomic mass is 35.5. The Morgan fingerprint density at radius 2 is 2.00 bits per heavy atom. The maximum absolute atomic E-state index is 12.0. The molecular formula is C12H7Cl2N3O4. The van der Waals surface area contributed by atoms with Crippen molar-refractivity contribution in [1.82, 2.24) is 4.98 Å². The van der Waals surface area contributed by atoms with Gasteiger partial charge in [-0.15, -0.1) is 0 Å². The average molecular weight is 328 g/mol. The topological polar surface area (TPSA) is 105 Å². The van der Waals surface area contributed by atoms with Crippen LogP contribution in [0.2, 0.25) is 10.2 Å². The molecule has 1 aromatic heterocycles.